The van der Waals surface area contributed by atoms with Crippen molar-refractivity contribution in [1.82, 2.24) is 0 Å². The molecule has 0 amide bonds. The highest BCUT2D eigenvalue weighted by molar-refractivity contribution is 5.72. The van der Waals surface area contributed by atoms with Crippen LogP contribution in [0.3, 0.4) is 0 Å². The summed E-state index contributed by atoms with van der Waals surface area (Å²) in [5, 5.41) is 8.46. The molecular weight excluding hydrogens is 288 g/mol. The molecule has 0 aliphatic carbocycles. The van der Waals surface area contributed by atoms with Gasteiger partial charge in [0.1, 0.15) is 13.2 Å². The predicted octanol–water partition coefficient (Wildman–Crippen LogP) is 2.93. The van der Waals surface area contributed by atoms with Gasteiger partial charge in [-0.3, -0.25) is 14.4 Å². The van der Waals surface area contributed by atoms with Crippen LogP contribution in [0.5, 0.6) is 0 Å². The van der Waals surface area contributed by atoms with Gasteiger partial charge in [-0.2, -0.15) is 0 Å². The third-order valence-electron chi connectivity index (χ3n) is 3.34. The molecule has 0 bridgehead atoms. The highest BCUT2D eigenvalue weighted by Crippen LogP contribution is 2.14. The van der Waals surface area contributed by atoms with E-state index < -0.39 is 5.97 Å². The monoisotopic (exact) mass is 316 g/mol. The van der Waals surface area contributed by atoms with Crippen molar-refractivity contribution in [2.45, 2.75) is 65.2 Å². The average Bonchev–Trinajstić information content (AvgIpc) is 2.48. The zero-order valence-electron chi connectivity index (χ0n) is 13.6. The van der Waals surface area contributed by atoms with Crippen LogP contribution in [-0.2, 0) is 23.9 Å². The molecule has 6 heteroatoms. The summed E-state index contributed by atoms with van der Waals surface area (Å²) in [7, 11) is 0. The summed E-state index contributed by atoms with van der Waals surface area (Å²) in [6.45, 7) is 4.16. The van der Waals surface area contributed by atoms with Gasteiger partial charge in [0.15, 0.2) is 0 Å². The quantitative estimate of drug-likeness (QED) is 0.415. The maximum atomic E-state index is 11.8. The summed E-state index contributed by atoms with van der Waals surface area (Å²) < 4.78 is 10.0. The van der Waals surface area contributed by atoms with Crippen molar-refractivity contribution in [1.29, 1.82) is 0 Å². The highest BCUT2D eigenvalue weighted by Gasteiger charge is 2.17. The fourth-order valence-corrected chi connectivity index (χ4v) is 1.97. The summed E-state index contributed by atoms with van der Waals surface area (Å²) in [4.78, 5) is 33.4. The van der Waals surface area contributed by atoms with Crippen LogP contribution in [0.2, 0.25) is 0 Å². The van der Waals surface area contributed by atoms with E-state index in [1.807, 2.05) is 6.92 Å². The third kappa shape index (κ3) is 11.1. The number of hydrogen-bond donors (Lipinski definition) is 1. The second-order valence-corrected chi connectivity index (χ2v) is 5.24. The number of esters is 2. The van der Waals surface area contributed by atoms with E-state index in [1.54, 1.807) is 0 Å². The molecule has 6 nitrogen and oxygen atoms in total. The number of carbonyl (C=O) groups excluding carboxylic acids is 2. The van der Waals surface area contributed by atoms with Gasteiger partial charge < -0.3 is 14.6 Å². The molecule has 0 spiro atoms. The Morgan fingerprint density at radius 1 is 0.955 bits per heavy atom. The van der Waals surface area contributed by atoms with Gasteiger partial charge in [-0.25, -0.2) is 0 Å². The largest absolute Gasteiger partial charge is 0.481 e. The summed E-state index contributed by atoms with van der Waals surface area (Å²) in [6.07, 6.45) is 4.81. The maximum absolute atomic E-state index is 11.8. The molecule has 0 aromatic carbocycles. The number of unbranched alkanes of at least 4 members (excludes halogenated alkanes) is 2. The SMILES string of the molecule is CCCCC(CC)C(=O)OCCOC(=O)CCCCC(=O)O. The number of carboxylic acids is 1. The van der Waals surface area contributed by atoms with Crippen LogP contribution in [0, 0.1) is 5.92 Å². The summed E-state index contributed by atoms with van der Waals surface area (Å²) >= 11 is 0. The number of aliphatic carboxylic acids is 1. The molecule has 0 rings (SSSR count). The minimum Gasteiger partial charge on any atom is -0.481 e. The number of ether oxygens (including phenoxy) is 2. The minimum absolute atomic E-state index is 0.0493. The van der Waals surface area contributed by atoms with Crippen LogP contribution in [0.1, 0.15) is 65.2 Å². The van der Waals surface area contributed by atoms with E-state index in [9.17, 15) is 14.4 Å². The highest BCUT2D eigenvalue weighted by atomic mass is 16.6. The van der Waals surface area contributed by atoms with Gasteiger partial charge in [0.2, 0.25) is 0 Å². The van der Waals surface area contributed by atoms with Crippen LogP contribution < -0.4 is 0 Å². The maximum Gasteiger partial charge on any atom is 0.309 e. The molecule has 1 atom stereocenters. The van der Waals surface area contributed by atoms with E-state index in [0.717, 1.165) is 25.7 Å². The first-order chi connectivity index (χ1) is 10.5. The number of carboxylic acid groups (broad SMARTS) is 1. The Hall–Kier alpha value is -1.59. The molecule has 0 aliphatic heterocycles. The molecule has 0 aromatic heterocycles. The van der Waals surface area contributed by atoms with Crippen LogP contribution in [0.25, 0.3) is 0 Å². The second kappa shape index (κ2) is 13.1. The lowest BCUT2D eigenvalue weighted by Crippen LogP contribution is -2.20. The molecule has 22 heavy (non-hydrogen) atoms. The Kier molecular flexibility index (Phi) is 12.2. The van der Waals surface area contributed by atoms with Gasteiger partial charge in [-0.15, -0.1) is 0 Å². The van der Waals surface area contributed by atoms with Gasteiger partial charge in [-0.1, -0.05) is 26.7 Å². The molecule has 0 saturated carbocycles. The van der Waals surface area contributed by atoms with Crippen LogP contribution in [0.15, 0.2) is 0 Å². The van der Waals surface area contributed by atoms with Crippen molar-refractivity contribution in [2.75, 3.05) is 13.2 Å². The van der Waals surface area contributed by atoms with Crippen molar-refractivity contribution < 1.29 is 29.0 Å². The Morgan fingerprint density at radius 2 is 1.59 bits per heavy atom. The van der Waals surface area contributed by atoms with Crippen molar-refractivity contribution >= 4 is 17.9 Å². The Bertz CT molecular complexity index is 340. The third-order valence-corrected chi connectivity index (χ3v) is 3.34. The van der Waals surface area contributed by atoms with E-state index in [0.29, 0.717) is 12.8 Å². The van der Waals surface area contributed by atoms with E-state index in [4.69, 9.17) is 14.6 Å². The Labute approximate surface area is 132 Å². The van der Waals surface area contributed by atoms with Crippen molar-refractivity contribution in [2.24, 2.45) is 5.92 Å². The van der Waals surface area contributed by atoms with E-state index >= 15 is 0 Å². The molecule has 0 aromatic rings. The summed E-state index contributed by atoms with van der Waals surface area (Å²) in [5.74, 6) is -1.56. The topological polar surface area (TPSA) is 89.9 Å². The van der Waals surface area contributed by atoms with E-state index in [2.05, 4.69) is 6.92 Å². The zero-order chi connectivity index (χ0) is 16.8. The molecule has 0 radical (unpaired) electrons. The average molecular weight is 316 g/mol. The van der Waals surface area contributed by atoms with Crippen LogP contribution >= 0.6 is 0 Å². The molecular formula is C16H28O6. The second-order valence-electron chi connectivity index (χ2n) is 5.24. The van der Waals surface area contributed by atoms with E-state index in [1.165, 1.54) is 0 Å². The molecule has 128 valence electrons. The predicted molar refractivity (Wildman–Crippen MR) is 81.3 cm³/mol. The van der Waals surface area contributed by atoms with Gasteiger partial charge >= 0.3 is 17.9 Å². The smallest absolute Gasteiger partial charge is 0.309 e. The fourth-order valence-electron chi connectivity index (χ4n) is 1.97. The lowest BCUT2D eigenvalue weighted by molar-refractivity contribution is -0.155. The minimum atomic E-state index is -0.867. The molecule has 1 unspecified atom stereocenters. The van der Waals surface area contributed by atoms with Crippen LogP contribution in [-0.4, -0.2) is 36.2 Å². The zero-order valence-corrected chi connectivity index (χ0v) is 13.6. The standard InChI is InChI=1S/C16H28O6/c1-3-5-8-13(4-2)16(20)22-12-11-21-15(19)10-7-6-9-14(17)18/h13H,3-12H2,1-2H3,(H,17,18). The van der Waals surface area contributed by atoms with Crippen molar-refractivity contribution in [3.63, 3.8) is 0 Å². The fraction of sp³-hybridized carbons (Fsp3) is 0.812. The Morgan fingerprint density at radius 3 is 2.18 bits per heavy atom. The van der Waals surface area contributed by atoms with Gasteiger partial charge in [0, 0.05) is 12.8 Å². The summed E-state index contributed by atoms with van der Waals surface area (Å²) in [5.41, 5.74) is 0. The Balaban J connectivity index is 3.67. The van der Waals surface area contributed by atoms with Gasteiger partial charge in [-0.05, 0) is 25.7 Å². The summed E-state index contributed by atoms with van der Waals surface area (Å²) in [6, 6.07) is 0. The lowest BCUT2D eigenvalue weighted by atomic mass is 10.00. The van der Waals surface area contributed by atoms with Crippen LogP contribution in [0.4, 0.5) is 0 Å². The number of hydrogen-bond acceptors (Lipinski definition) is 5. The first kappa shape index (κ1) is 20.4. The van der Waals surface area contributed by atoms with Gasteiger partial charge in [0.05, 0.1) is 5.92 Å². The molecule has 0 saturated heterocycles. The first-order valence-corrected chi connectivity index (χ1v) is 8.05. The number of carbonyl (C=O) groups is 3. The molecule has 0 fully saturated rings. The van der Waals surface area contributed by atoms with E-state index in [-0.39, 0.29) is 43.9 Å². The normalized spacial score (nSPS) is 11.7. The number of rotatable bonds is 13. The van der Waals surface area contributed by atoms with Crippen molar-refractivity contribution in [3.05, 3.63) is 0 Å². The van der Waals surface area contributed by atoms with Gasteiger partial charge in [0.25, 0.3) is 0 Å². The lowest BCUT2D eigenvalue weighted by Gasteiger charge is -2.13. The van der Waals surface area contributed by atoms with Crippen molar-refractivity contribution in [3.8, 4) is 0 Å². The molecule has 1 N–H and O–H groups in total. The first-order valence-electron chi connectivity index (χ1n) is 8.05. The molecule has 0 aliphatic rings. The molecule has 0 heterocycles.